The minimum atomic E-state index is -0.471. The van der Waals surface area contributed by atoms with Crippen LogP contribution >= 0.6 is 11.8 Å². The Bertz CT molecular complexity index is 687. The molecule has 0 bridgehead atoms. The van der Waals surface area contributed by atoms with Gasteiger partial charge in [-0.3, -0.25) is 14.4 Å². The van der Waals surface area contributed by atoms with Crippen molar-refractivity contribution in [2.24, 2.45) is 0 Å². The number of carbonyl (C=O) groups is 3. The number of imidazole rings is 1. The molecule has 0 aliphatic carbocycles. The maximum Gasteiger partial charge on any atom is 0.290 e. The maximum absolute atomic E-state index is 12.2. The van der Waals surface area contributed by atoms with Gasteiger partial charge in [0.05, 0.1) is 5.69 Å². The summed E-state index contributed by atoms with van der Waals surface area (Å²) in [4.78, 5) is 36.2. The topological polar surface area (TPSA) is 113 Å². The van der Waals surface area contributed by atoms with Crippen LogP contribution in [0.4, 0.5) is 0 Å². The monoisotopic (exact) mass is 380 g/mol. The van der Waals surface area contributed by atoms with Crippen LogP contribution in [0.15, 0.2) is 30.6 Å². The largest absolute Gasteiger partial charge is 0.483 e. The zero-order valence-electron chi connectivity index (χ0n) is 14.8. The molecule has 2 rings (SSSR count). The number of carbonyl (C=O) groups excluding carboxylic acids is 2. The van der Waals surface area contributed by atoms with Gasteiger partial charge in [0.1, 0.15) is 11.7 Å². The Morgan fingerprint density at radius 3 is 2.77 bits per heavy atom. The van der Waals surface area contributed by atoms with Crippen LogP contribution in [0.3, 0.4) is 0 Å². The minimum absolute atomic E-state index is 0.141. The molecule has 26 heavy (non-hydrogen) atoms. The van der Waals surface area contributed by atoms with Gasteiger partial charge in [-0.2, -0.15) is 11.8 Å². The van der Waals surface area contributed by atoms with Crippen molar-refractivity contribution in [3.63, 3.8) is 0 Å². The van der Waals surface area contributed by atoms with E-state index in [9.17, 15) is 9.59 Å². The lowest BCUT2D eigenvalue weighted by Crippen LogP contribution is -2.46. The Labute approximate surface area is 156 Å². The summed E-state index contributed by atoms with van der Waals surface area (Å²) >= 11 is 1.65. The summed E-state index contributed by atoms with van der Waals surface area (Å²) in [5.74, 6) is 0.495. The highest BCUT2D eigenvalue weighted by molar-refractivity contribution is 7.98. The summed E-state index contributed by atoms with van der Waals surface area (Å²) in [6, 6.07) is 5.36. The fourth-order valence-corrected chi connectivity index (χ4v) is 2.77. The van der Waals surface area contributed by atoms with Crippen molar-refractivity contribution in [1.82, 2.24) is 20.0 Å². The van der Waals surface area contributed by atoms with Gasteiger partial charge >= 0.3 is 0 Å². The summed E-state index contributed by atoms with van der Waals surface area (Å²) in [7, 11) is 0. The van der Waals surface area contributed by atoms with E-state index in [0.29, 0.717) is 19.4 Å². The first-order valence-corrected chi connectivity index (χ1v) is 9.45. The molecular formula is C17H24N4O4S. The second-order valence-electron chi connectivity index (χ2n) is 5.38. The summed E-state index contributed by atoms with van der Waals surface area (Å²) in [5, 5.41) is 12.5. The predicted molar refractivity (Wildman–Crippen MR) is 101 cm³/mol. The van der Waals surface area contributed by atoms with Crippen LogP contribution in [-0.2, 0) is 20.8 Å². The second-order valence-corrected chi connectivity index (χ2v) is 6.36. The van der Waals surface area contributed by atoms with Gasteiger partial charge in [-0.05, 0) is 30.6 Å². The molecule has 0 unspecified atom stereocenters. The zero-order valence-corrected chi connectivity index (χ0v) is 15.7. The van der Waals surface area contributed by atoms with Crippen molar-refractivity contribution in [1.29, 1.82) is 0 Å². The molecule has 0 spiro atoms. The van der Waals surface area contributed by atoms with Crippen molar-refractivity contribution >= 4 is 35.7 Å². The van der Waals surface area contributed by atoms with Gasteiger partial charge in [-0.25, -0.2) is 4.98 Å². The number of pyridine rings is 1. The summed E-state index contributed by atoms with van der Waals surface area (Å²) in [6.07, 6.45) is 7.16. The molecule has 3 N–H and O–H groups in total. The lowest BCUT2D eigenvalue weighted by atomic mass is 10.2. The van der Waals surface area contributed by atoms with E-state index in [1.165, 1.54) is 6.92 Å². The Balaban J connectivity index is 0.00000105. The van der Waals surface area contributed by atoms with E-state index in [1.54, 1.807) is 11.8 Å². The lowest BCUT2D eigenvalue weighted by molar-refractivity contribution is -0.128. The van der Waals surface area contributed by atoms with Gasteiger partial charge in [-0.15, -0.1) is 0 Å². The van der Waals surface area contributed by atoms with Crippen molar-refractivity contribution < 1.29 is 19.5 Å². The number of hydrogen-bond donors (Lipinski definition) is 3. The smallest absolute Gasteiger partial charge is 0.290 e. The van der Waals surface area contributed by atoms with Crippen molar-refractivity contribution in [2.45, 2.75) is 25.8 Å². The highest BCUT2D eigenvalue weighted by Gasteiger charge is 2.18. The molecule has 0 aliphatic rings. The second kappa shape index (κ2) is 11.9. The quantitative estimate of drug-likeness (QED) is 0.588. The van der Waals surface area contributed by atoms with Crippen LogP contribution in [-0.4, -0.2) is 57.4 Å². The Morgan fingerprint density at radius 1 is 1.42 bits per heavy atom. The average Bonchev–Trinajstić information content (AvgIpc) is 3.01. The van der Waals surface area contributed by atoms with E-state index < -0.39 is 6.04 Å². The number of carboxylic acid groups (broad SMARTS) is 1. The van der Waals surface area contributed by atoms with Crippen LogP contribution in [0.5, 0.6) is 0 Å². The first-order chi connectivity index (χ1) is 12.5. The Kier molecular flexibility index (Phi) is 9.85. The van der Waals surface area contributed by atoms with Gasteiger partial charge in [0.2, 0.25) is 11.8 Å². The van der Waals surface area contributed by atoms with Gasteiger partial charge in [0.15, 0.2) is 0 Å². The van der Waals surface area contributed by atoms with E-state index >= 15 is 0 Å². The van der Waals surface area contributed by atoms with Crippen molar-refractivity contribution in [3.05, 3.63) is 36.3 Å². The molecule has 1 atom stereocenters. The molecule has 0 saturated carbocycles. The molecule has 0 fully saturated rings. The third kappa shape index (κ3) is 7.56. The molecular weight excluding hydrogens is 356 g/mol. The highest BCUT2D eigenvalue weighted by Crippen LogP contribution is 2.05. The summed E-state index contributed by atoms with van der Waals surface area (Å²) in [6.45, 7) is 1.67. The molecule has 142 valence electrons. The number of nitrogens with zero attached hydrogens (tertiary/aromatic N) is 2. The normalized spacial score (nSPS) is 11.2. The number of thioether (sulfide) groups is 1. The minimum Gasteiger partial charge on any atom is -0.483 e. The van der Waals surface area contributed by atoms with Gasteiger partial charge in [0.25, 0.3) is 6.47 Å². The van der Waals surface area contributed by atoms with E-state index in [2.05, 4.69) is 15.6 Å². The first-order valence-electron chi connectivity index (χ1n) is 8.06. The Hall–Kier alpha value is -2.55. The van der Waals surface area contributed by atoms with Crippen LogP contribution in [0.2, 0.25) is 0 Å². The number of aromatic nitrogens is 2. The fourth-order valence-electron chi connectivity index (χ4n) is 2.29. The average molecular weight is 380 g/mol. The van der Waals surface area contributed by atoms with Crippen molar-refractivity contribution in [3.8, 4) is 0 Å². The number of amides is 2. The van der Waals surface area contributed by atoms with Crippen molar-refractivity contribution in [2.75, 3.05) is 18.6 Å². The fraction of sp³-hybridized carbons (Fsp3) is 0.412. The molecule has 0 aromatic carbocycles. The van der Waals surface area contributed by atoms with E-state index in [1.807, 2.05) is 41.2 Å². The molecule has 2 aromatic rings. The van der Waals surface area contributed by atoms with Crippen LogP contribution < -0.4 is 10.6 Å². The Morgan fingerprint density at radius 2 is 2.15 bits per heavy atom. The number of fused-ring (bicyclic) bond motifs is 1. The van der Waals surface area contributed by atoms with E-state index in [-0.39, 0.29) is 18.3 Å². The van der Waals surface area contributed by atoms with Gasteiger partial charge in [0, 0.05) is 32.3 Å². The van der Waals surface area contributed by atoms with Crippen LogP contribution in [0.25, 0.3) is 5.65 Å². The SMILES string of the molecule is CSCC[C@H](NC(C)=O)C(=O)NCCc1cn2ccccc2n1.O=CO. The maximum atomic E-state index is 12.2. The van der Waals surface area contributed by atoms with E-state index in [4.69, 9.17) is 9.90 Å². The molecule has 9 heteroatoms. The summed E-state index contributed by atoms with van der Waals surface area (Å²) < 4.78 is 1.95. The first kappa shape index (κ1) is 21.5. The predicted octanol–water partition coefficient (Wildman–Crippen LogP) is 0.952. The summed E-state index contributed by atoms with van der Waals surface area (Å²) in [5.41, 5.74) is 1.82. The van der Waals surface area contributed by atoms with Gasteiger partial charge in [-0.1, -0.05) is 6.07 Å². The molecule has 2 heterocycles. The standard InChI is InChI=1S/C16H22N4O2S.CH2O2/c1-12(21)18-14(7-10-23-2)16(22)17-8-6-13-11-20-9-4-3-5-15(20)19-13;2-1-3/h3-5,9,11,14H,6-8,10H2,1-2H3,(H,17,22)(H,18,21);1H,(H,2,3)/t14-;/m0./s1. The highest BCUT2D eigenvalue weighted by atomic mass is 32.2. The molecule has 0 saturated heterocycles. The third-order valence-corrected chi connectivity index (χ3v) is 4.04. The van der Waals surface area contributed by atoms with Gasteiger partial charge < -0.3 is 20.1 Å². The van der Waals surface area contributed by atoms with Crippen LogP contribution in [0.1, 0.15) is 19.0 Å². The number of rotatable bonds is 8. The lowest BCUT2D eigenvalue weighted by Gasteiger charge is -2.16. The molecule has 2 amide bonds. The van der Waals surface area contributed by atoms with Crippen LogP contribution in [0, 0.1) is 0 Å². The number of hydrogen-bond acceptors (Lipinski definition) is 5. The zero-order chi connectivity index (χ0) is 19.4. The number of nitrogens with one attached hydrogen (secondary N) is 2. The molecule has 8 nitrogen and oxygen atoms in total. The van der Waals surface area contributed by atoms with E-state index in [0.717, 1.165) is 17.1 Å². The molecule has 2 aromatic heterocycles. The molecule has 0 radical (unpaired) electrons. The third-order valence-electron chi connectivity index (χ3n) is 3.40. The molecule has 0 aliphatic heterocycles.